The van der Waals surface area contributed by atoms with Gasteiger partial charge >= 0.3 is 0 Å². The van der Waals surface area contributed by atoms with Crippen molar-refractivity contribution >= 4 is 17.2 Å². The molecule has 1 aliphatic heterocycles. The van der Waals surface area contributed by atoms with E-state index in [0.717, 1.165) is 0 Å². The van der Waals surface area contributed by atoms with Gasteiger partial charge in [0.15, 0.2) is 0 Å². The molecule has 1 heterocycles. The summed E-state index contributed by atoms with van der Waals surface area (Å²) in [6, 6.07) is 4.36. The molecule has 0 fully saturated rings. The number of carbonyl (C=O) groups excluding carboxylic acids is 1. The van der Waals surface area contributed by atoms with E-state index in [2.05, 4.69) is 5.32 Å². The number of carbonyl (C=O) groups is 1. The number of non-ortho nitro benzene ring substituents is 1. The van der Waals surface area contributed by atoms with Crippen molar-refractivity contribution in [1.82, 2.24) is 0 Å². The van der Waals surface area contributed by atoms with Crippen molar-refractivity contribution in [1.29, 1.82) is 0 Å². The number of hydrogen-bond acceptors (Lipinski definition) is 5. The van der Waals surface area contributed by atoms with Gasteiger partial charge in [0.1, 0.15) is 17.6 Å². The summed E-state index contributed by atoms with van der Waals surface area (Å²) in [5.74, 6) is 0.607. The van der Waals surface area contributed by atoms with Crippen LogP contribution >= 0.6 is 0 Å². The zero-order valence-electron chi connectivity index (χ0n) is 9.30. The largest absolute Gasteiger partial charge is 0.486 e. The highest BCUT2D eigenvalue weighted by molar-refractivity contribution is 5.76. The predicted octanol–water partition coefficient (Wildman–Crippen LogP) is 1.75. The first-order valence-electron chi connectivity index (χ1n) is 5.24. The van der Waals surface area contributed by atoms with E-state index in [0.29, 0.717) is 24.4 Å². The number of nitro groups is 1. The third-order valence-corrected chi connectivity index (χ3v) is 2.50. The lowest BCUT2D eigenvalue weighted by Gasteiger charge is -2.26. The third kappa shape index (κ3) is 2.52. The molecule has 0 aromatic heterocycles. The predicted molar refractivity (Wildman–Crippen MR) is 61.3 cm³/mol. The SMILES string of the molecule is CC(=O)CC1CNc2cc([N+](=O)[O-])ccc2O1. The number of nitrogens with one attached hydrogen (secondary N) is 1. The second-order valence-electron chi connectivity index (χ2n) is 3.96. The maximum Gasteiger partial charge on any atom is 0.271 e. The quantitative estimate of drug-likeness (QED) is 0.638. The molecular weight excluding hydrogens is 224 g/mol. The van der Waals surface area contributed by atoms with E-state index in [-0.39, 0.29) is 17.6 Å². The van der Waals surface area contributed by atoms with E-state index in [1.165, 1.54) is 19.1 Å². The molecule has 1 aliphatic rings. The van der Waals surface area contributed by atoms with Crippen molar-refractivity contribution in [2.75, 3.05) is 11.9 Å². The van der Waals surface area contributed by atoms with Crippen LogP contribution in [0.3, 0.4) is 0 Å². The van der Waals surface area contributed by atoms with Crippen LogP contribution in [0.15, 0.2) is 18.2 Å². The molecule has 2 rings (SSSR count). The van der Waals surface area contributed by atoms with Crippen LogP contribution in [0.25, 0.3) is 0 Å². The molecule has 1 N–H and O–H groups in total. The lowest BCUT2D eigenvalue weighted by atomic mass is 10.1. The molecular formula is C11H12N2O4. The monoisotopic (exact) mass is 236 g/mol. The topological polar surface area (TPSA) is 81.5 Å². The first-order valence-corrected chi connectivity index (χ1v) is 5.24. The highest BCUT2D eigenvalue weighted by atomic mass is 16.6. The maximum atomic E-state index is 11.0. The minimum absolute atomic E-state index is 0.0184. The Balaban J connectivity index is 2.17. The Labute approximate surface area is 97.7 Å². The van der Waals surface area contributed by atoms with Gasteiger partial charge in [-0.15, -0.1) is 0 Å². The summed E-state index contributed by atoms with van der Waals surface area (Å²) in [5, 5.41) is 13.6. The molecule has 0 radical (unpaired) electrons. The van der Waals surface area contributed by atoms with E-state index in [1.54, 1.807) is 6.07 Å². The van der Waals surface area contributed by atoms with Crippen molar-refractivity contribution in [3.05, 3.63) is 28.3 Å². The van der Waals surface area contributed by atoms with E-state index >= 15 is 0 Å². The van der Waals surface area contributed by atoms with Crippen LogP contribution in [-0.2, 0) is 4.79 Å². The number of ketones is 1. The minimum Gasteiger partial charge on any atom is -0.486 e. The molecule has 0 aliphatic carbocycles. The van der Waals surface area contributed by atoms with Gasteiger partial charge in [-0.25, -0.2) is 0 Å². The third-order valence-electron chi connectivity index (χ3n) is 2.50. The molecule has 0 spiro atoms. The number of ether oxygens (including phenoxy) is 1. The second-order valence-corrected chi connectivity index (χ2v) is 3.96. The summed E-state index contributed by atoms with van der Waals surface area (Å²) < 4.78 is 5.57. The van der Waals surface area contributed by atoms with E-state index in [4.69, 9.17) is 4.74 Å². The zero-order valence-corrected chi connectivity index (χ0v) is 9.30. The minimum atomic E-state index is -0.455. The first-order chi connectivity index (χ1) is 8.06. The summed E-state index contributed by atoms with van der Waals surface area (Å²) >= 11 is 0. The molecule has 0 amide bonds. The van der Waals surface area contributed by atoms with Gasteiger partial charge in [0.2, 0.25) is 0 Å². The average molecular weight is 236 g/mol. The van der Waals surface area contributed by atoms with Gasteiger partial charge in [-0.1, -0.05) is 0 Å². The van der Waals surface area contributed by atoms with Crippen molar-refractivity contribution in [2.45, 2.75) is 19.4 Å². The molecule has 1 aromatic carbocycles. The Morgan fingerprint density at radius 3 is 3.06 bits per heavy atom. The molecule has 0 saturated heterocycles. The molecule has 1 unspecified atom stereocenters. The molecule has 0 bridgehead atoms. The highest BCUT2D eigenvalue weighted by Crippen LogP contribution is 2.32. The van der Waals surface area contributed by atoms with E-state index < -0.39 is 4.92 Å². The van der Waals surface area contributed by atoms with Crippen molar-refractivity contribution in [3.8, 4) is 5.75 Å². The number of nitro benzene ring substituents is 1. The van der Waals surface area contributed by atoms with Crippen molar-refractivity contribution < 1.29 is 14.5 Å². The van der Waals surface area contributed by atoms with Gasteiger partial charge in [0, 0.05) is 18.6 Å². The van der Waals surface area contributed by atoms with Gasteiger partial charge < -0.3 is 10.1 Å². The first kappa shape index (κ1) is 11.4. The van der Waals surface area contributed by atoms with Crippen LogP contribution in [-0.4, -0.2) is 23.4 Å². The fourth-order valence-corrected chi connectivity index (χ4v) is 1.75. The standard InChI is InChI=1S/C11H12N2O4/c1-7(14)4-9-6-12-10-5-8(13(15)16)2-3-11(10)17-9/h2-3,5,9,12H,4,6H2,1H3. The summed E-state index contributed by atoms with van der Waals surface area (Å²) in [4.78, 5) is 21.1. The summed E-state index contributed by atoms with van der Waals surface area (Å²) in [5.41, 5.74) is 0.615. The zero-order chi connectivity index (χ0) is 12.4. The van der Waals surface area contributed by atoms with E-state index in [1.807, 2.05) is 0 Å². The van der Waals surface area contributed by atoms with Crippen LogP contribution in [0.5, 0.6) is 5.75 Å². The van der Waals surface area contributed by atoms with Crippen LogP contribution in [0.1, 0.15) is 13.3 Å². The van der Waals surface area contributed by atoms with Gasteiger partial charge in [0.25, 0.3) is 5.69 Å². The van der Waals surface area contributed by atoms with Crippen molar-refractivity contribution in [2.24, 2.45) is 0 Å². The van der Waals surface area contributed by atoms with Crippen LogP contribution in [0.4, 0.5) is 11.4 Å². The van der Waals surface area contributed by atoms with Crippen LogP contribution in [0, 0.1) is 10.1 Å². The Hall–Kier alpha value is -2.11. The summed E-state index contributed by atoms with van der Waals surface area (Å²) in [7, 11) is 0. The fourth-order valence-electron chi connectivity index (χ4n) is 1.75. The molecule has 6 nitrogen and oxygen atoms in total. The summed E-state index contributed by atoms with van der Waals surface area (Å²) in [6.45, 7) is 1.99. The van der Waals surface area contributed by atoms with Gasteiger partial charge in [0.05, 0.1) is 17.2 Å². The average Bonchev–Trinajstić information content (AvgIpc) is 2.27. The molecule has 90 valence electrons. The van der Waals surface area contributed by atoms with Crippen LogP contribution < -0.4 is 10.1 Å². The number of benzene rings is 1. The Kier molecular flexibility index (Phi) is 2.95. The van der Waals surface area contributed by atoms with Gasteiger partial charge in [-0.05, 0) is 13.0 Å². The molecule has 0 saturated carbocycles. The molecule has 1 aromatic rings. The fraction of sp³-hybridized carbons (Fsp3) is 0.364. The van der Waals surface area contributed by atoms with Gasteiger partial charge in [-0.3, -0.25) is 14.9 Å². The second kappa shape index (κ2) is 4.40. The number of hydrogen-bond donors (Lipinski definition) is 1. The number of fused-ring (bicyclic) bond motifs is 1. The smallest absolute Gasteiger partial charge is 0.271 e. The Bertz CT molecular complexity index is 473. The van der Waals surface area contributed by atoms with Crippen molar-refractivity contribution in [3.63, 3.8) is 0 Å². The Morgan fingerprint density at radius 2 is 2.41 bits per heavy atom. The lowest BCUT2D eigenvalue weighted by Crippen LogP contribution is -2.32. The number of rotatable bonds is 3. The van der Waals surface area contributed by atoms with Gasteiger partial charge in [-0.2, -0.15) is 0 Å². The molecule has 1 atom stereocenters. The molecule has 17 heavy (non-hydrogen) atoms. The Morgan fingerprint density at radius 1 is 1.65 bits per heavy atom. The van der Waals surface area contributed by atoms with Crippen LogP contribution in [0.2, 0.25) is 0 Å². The van der Waals surface area contributed by atoms with E-state index in [9.17, 15) is 14.9 Å². The lowest BCUT2D eigenvalue weighted by molar-refractivity contribution is -0.384. The highest BCUT2D eigenvalue weighted by Gasteiger charge is 2.22. The number of Topliss-reactive ketones (excluding diaryl/α,β-unsaturated/α-hetero) is 1. The normalized spacial score (nSPS) is 17.6. The summed E-state index contributed by atoms with van der Waals surface area (Å²) in [6.07, 6.45) is 0.130. The number of anilines is 1. The maximum absolute atomic E-state index is 11.0. The molecule has 6 heteroatoms. The number of nitrogens with zero attached hydrogens (tertiary/aromatic N) is 1.